The number of benzene rings is 2. The van der Waals surface area contributed by atoms with Crippen LogP contribution in [0.1, 0.15) is 34.9 Å². The second kappa shape index (κ2) is 8.50. The third-order valence-electron chi connectivity index (χ3n) is 6.04. The first-order chi connectivity index (χ1) is 16.1. The van der Waals surface area contributed by atoms with E-state index in [0.29, 0.717) is 29.2 Å². The molecular formula is C26H23NO6. The normalized spacial score (nSPS) is 19.3. The number of Topliss-reactive ketones (excluding diaryl/α,β-unsaturated/α-hetero) is 1. The molecule has 0 saturated carbocycles. The number of nitrogens with zero attached hydrogens (tertiary/aromatic N) is 1. The van der Waals surface area contributed by atoms with Crippen LogP contribution in [0.4, 0.5) is 0 Å². The topological polar surface area (TPSA) is 89.2 Å². The van der Waals surface area contributed by atoms with Gasteiger partial charge in [-0.2, -0.15) is 0 Å². The molecule has 1 saturated heterocycles. The molecule has 1 N–H and O–H groups in total. The summed E-state index contributed by atoms with van der Waals surface area (Å²) in [6.45, 7) is 0.750. The molecule has 1 unspecified atom stereocenters. The first kappa shape index (κ1) is 20.9. The summed E-state index contributed by atoms with van der Waals surface area (Å²) >= 11 is 0. The highest BCUT2D eigenvalue weighted by Crippen LogP contribution is 2.41. The number of ketones is 1. The number of carbonyl (C=O) groups is 2. The number of rotatable bonds is 5. The van der Waals surface area contributed by atoms with Crippen molar-refractivity contribution in [2.75, 3.05) is 13.7 Å². The number of ether oxygens (including phenoxy) is 2. The summed E-state index contributed by atoms with van der Waals surface area (Å²) in [5, 5.41) is 11.3. The number of methoxy groups -OCH3 is 1. The number of aryl methyl sites for hydroxylation is 1. The monoisotopic (exact) mass is 445 g/mol. The lowest BCUT2D eigenvalue weighted by molar-refractivity contribution is -0.140. The van der Waals surface area contributed by atoms with Gasteiger partial charge in [0.25, 0.3) is 11.7 Å². The van der Waals surface area contributed by atoms with Gasteiger partial charge in [0.2, 0.25) is 0 Å². The van der Waals surface area contributed by atoms with Crippen molar-refractivity contribution >= 4 is 17.4 Å². The number of hydrogen-bond acceptors (Lipinski definition) is 6. The van der Waals surface area contributed by atoms with Crippen LogP contribution in [0.2, 0.25) is 0 Å². The van der Waals surface area contributed by atoms with Crippen molar-refractivity contribution in [1.29, 1.82) is 0 Å². The van der Waals surface area contributed by atoms with Gasteiger partial charge in [-0.3, -0.25) is 9.59 Å². The fourth-order valence-electron chi connectivity index (χ4n) is 4.43. The molecule has 0 aliphatic carbocycles. The summed E-state index contributed by atoms with van der Waals surface area (Å²) in [6.07, 6.45) is 3.22. The van der Waals surface area contributed by atoms with E-state index < -0.39 is 17.7 Å². The summed E-state index contributed by atoms with van der Waals surface area (Å²) < 4.78 is 16.4. The summed E-state index contributed by atoms with van der Waals surface area (Å²) in [5.41, 5.74) is 2.13. The molecule has 3 aromatic rings. The molecule has 1 atom stereocenters. The van der Waals surface area contributed by atoms with Crippen molar-refractivity contribution in [2.45, 2.75) is 25.4 Å². The minimum atomic E-state index is -0.794. The number of likely N-dealkylation sites (tertiary alicyclic amines) is 1. The molecule has 0 bridgehead atoms. The zero-order valence-corrected chi connectivity index (χ0v) is 18.1. The first-order valence-electron chi connectivity index (χ1n) is 10.8. The fourth-order valence-corrected chi connectivity index (χ4v) is 4.43. The van der Waals surface area contributed by atoms with Gasteiger partial charge < -0.3 is 23.9 Å². The molecule has 2 aliphatic heterocycles. The first-order valence-corrected chi connectivity index (χ1v) is 10.8. The SMILES string of the molecule is COc1cccc(C2/C(=C(/O)c3ccc4c(c3)CCCO4)C(=O)C(=O)N2Cc2ccco2)c1. The van der Waals surface area contributed by atoms with Crippen LogP contribution in [0.3, 0.4) is 0 Å². The van der Waals surface area contributed by atoms with E-state index in [9.17, 15) is 14.7 Å². The molecular weight excluding hydrogens is 422 g/mol. The minimum absolute atomic E-state index is 0.0384. The van der Waals surface area contributed by atoms with Crippen LogP contribution in [0.5, 0.6) is 11.5 Å². The fraction of sp³-hybridized carbons (Fsp3) is 0.231. The lowest BCUT2D eigenvalue weighted by Crippen LogP contribution is -2.29. The van der Waals surface area contributed by atoms with Crippen LogP contribution in [-0.2, 0) is 22.6 Å². The van der Waals surface area contributed by atoms with Crippen LogP contribution in [0.25, 0.3) is 5.76 Å². The molecule has 2 aliphatic rings. The van der Waals surface area contributed by atoms with E-state index in [-0.39, 0.29) is 17.9 Å². The van der Waals surface area contributed by atoms with Crippen molar-refractivity contribution in [3.63, 3.8) is 0 Å². The molecule has 7 heteroatoms. The maximum absolute atomic E-state index is 13.2. The Morgan fingerprint density at radius 1 is 1.15 bits per heavy atom. The lowest BCUT2D eigenvalue weighted by atomic mass is 9.94. The Labute approximate surface area is 190 Å². The number of furan rings is 1. The van der Waals surface area contributed by atoms with Crippen molar-refractivity contribution in [2.24, 2.45) is 0 Å². The van der Waals surface area contributed by atoms with E-state index >= 15 is 0 Å². The Bertz CT molecular complexity index is 1240. The molecule has 1 aromatic heterocycles. The third kappa shape index (κ3) is 3.75. The molecule has 7 nitrogen and oxygen atoms in total. The van der Waals surface area contributed by atoms with Crippen LogP contribution >= 0.6 is 0 Å². The standard InChI is InChI=1S/C26H23NO6/c1-31-19-7-2-5-17(14-19)23-22(25(29)26(30)27(23)15-20-8-4-11-32-20)24(28)18-9-10-21-16(13-18)6-3-12-33-21/h2,4-5,7-11,13-14,23,28H,3,6,12,15H2,1H3/b24-22-. The predicted octanol–water partition coefficient (Wildman–Crippen LogP) is 4.24. The number of fused-ring (bicyclic) bond motifs is 1. The number of carbonyl (C=O) groups excluding carboxylic acids is 2. The van der Waals surface area contributed by atoms with Gasteiger partial charge in [0.05, 0.1) is 38.1 Å². The van der Waals surface area contributed by atoms with Gasteiger partial charge in [-0.1, -0.05) is 12.1 Å². The molecule has 3 heterocycles. The Hall–Kier alpha value is -4.00. The summed E-state index contributed by atoms with van der Waals surface area (Å²) in [4.78, 5) is 27.7. The maximum Gasteiger partial charge on any atom is 0.296 e. The largest absolute Gasteiger partial charge is 0.507 e. The third-order valence-corrected chi connectivity index (χ3v) is 6.04. The number of hydrogen-bond donors (Lipinski definition) is 1. The van der Waals surface area contributed by atoms with Gasteiger partial charge in [-0.15, -0.1) is 0 Å². The van der Waals surface area contributed by atoms with E-state index in [0.717, 1.165) is 24.2 Å². The molecule has 168 valence electrons. The highest BCUT2D eigenvalue weighted by atomic mass is 16.5. The number of aliphatic hydroxyl groups excluding tert-OH is 1. The van der Waals surface area contributed by atoms with Crippen LogP contribution in [-0.4, -0.2) is 35.4 Å². The molecule has 5 rings (SSSR count). The summed E-state index contributed by atoms with van der Waals surface area (Å²) in [5.74, 6) is 0.262. The Balaban J connectivity index is 1.64. The average molecular weight is 445 g/mol. The van der Waals surface area contributed by atoms with E-state index in [2.05, 4.69) is 0 Å². The smallest absolute Gasteiger partial charge is 0.296 e. The summed E-state index contributed by atoms with van der Waals surface area (Å²) in [6, 6.07) is 15.1. The average Bonchev–Trinajstić information content (AvgIpc) is 3.45. The molecule has 33 heavy (non-hydrogen) atoms. The molecule has 0 radical (unpaired) electrons. The van der Waals surface area contributed by atoms with Crippen molar-refractivity contribution in [3.8, 4) is 11.5 Å². The number of amides is 1. The quantitative estimate of drug-likeness (QED) is 0.359. The highest BCUT2D eigenvalue weighted by Gasteiger charge is 2.46. The zero-order chi connectivity index (χ0) is 22.9. The molecule has 1 fully saturated rings. The van der Waals surface area contributed by atoms with E-state index in [1.54, 1.807) is 49.6 Å². The minimum Gasteiger partial charge on any atom is -0.507 e. The molecule has 0 spiro atoms. The second-order valence-corrected chi connectivity index (χ2v) is 8.06. The number of aliphatic hydroxyl groups is 1. The van der Waals surface area contributed by atoms with Crippen LogP contribution in [0.15, 0.2) is 70.9 Å². The Morgan fingerprint density at radius 3 is 2.82 bits per heavy atom. The zero-order valence-electron chi connectivity index (χ0n) is 18.1. The van der Waals surface area contributed by atoms with Gasteiger partial charge in [-0.05, 0) is 66.4 Å². The van der Waals surface area contributed by atoms with Crippen LogP contribution < -0.4 is 9.47 Å². The summed E-state index contributed by atoms with van der Waals surface area (Å²) in [7, 11) is 1.55. The van der Waals surface area contributed by atoms with Gasteiger partial charge in [0.1, 0.15) is 23.0 Å². The Kier molecular flexibility index (Phi) is 5.38. The van der Waals surface area contributed by atoms with E-state index in [1.165, 1.54) is 11.2 Å². The van der Waals surface area contributed by atoms with Gasteiger partial charge >= 0.3 is 0 Å². The molecule has 2 aromatic carbocycles. The second-order valence-electron chi connectivity index (χ2n) is 8.06. The predicted molar refractivity (Wildman–Crippen MR) is 120 cm³/mol. The van der Waals surface area contributed by atoms with Crippen LogP contribution in [0, 0.1) is 0 Å². The molecule has 1 amide bonds. The van der Waals surface area contributed by atoms with Crippen molar-refractivity contribution in [1.82, 2.24) is 4.90 Å². The Morgan fingerprint density at radius 2 is 2.03 bits per heavy atom. The lowest BCUT2D eigenvalue weighted by Gasteiger charge is -2.25. The van der Waals surface area contributed by atoms with E-state index in [4.69, 9.17) is 13.9 Å². The van der Waals surface area contributed by atoms with Gasteiger partial charge in [0, 0.05) is 5.56 Å². The van der Waals surface area contributed by atoms with Crippen molar-refractivity contribution < 1.29 is 28.6 Å². The van der Waals surface area contributed by atoms with Crippen molar-refractivity contribution in [3.05, 3.63) is 88.9 Å². The van der Waals surface area contributed by atoms with Gasteiger partial charge in [0.15, 0.2) is 0 Å². The maximum atomic E-state index is 13.2. The highest BCUT2D eigenvalue weighted by molar-refractivity contribution is 6.46. The van der Waals surface area contributed by atoms with Gasteiger partial charge in [-0.25, -0.2) is 0 Å². The van der Waals surface area contributed by atoms with E-state index in [1.807, 2.05) is 12.1 Å².